The smallest absolute Gasteiger partial charge is 0.138 e. The topological polar surface area (TPSA) is 65.6 Å². The maximum Gasteiger partial charge on any atom is 0.138 e. The molecule has 0 bridgehead atoms. The molecule has 2 atom stereocenters. The van der Waals surface area contributed by atoms with Gasteiger partial charge < -0.3 is 10.8 Å². The Hall–Kier alpha value is -1.95. The van der Waals surface area contributed by atoms with Crippen LogP contribution in [-0.4, -0.2) is 46.1 Å². The Labute approximate surface area is 162 Å². The van der Waals surface area contributed by atoms with Crippen LogP contribution in [0.4, 0.5) is 0 Å². The Balaban J connectivity index is 1.53. The second-order valence-electron chi connectivity index (χ2n) is 7.89. The van der Waals surface area contributed by atoms with E-state index in [2.05, 4.69) is 46.1 Å². The number of benzene rings is 1. The van der Waals surface area contributed by atoms with E-state index in [0.717, 1.165) is 19.5 Å². The fourth-order valence-electron chi connectivity index (χ4n) is 4.02. The van der Waals surface area contributed by atoms with Crippen LogP contribution in [0.25, 0.3) is 0 Å². The third-order valence-electron chi connectivity index (χ3n) is 5.54. The van der Waals surface area contributed by atoms with Crippen LogP contribution in [0.1, 0.15) is 42.5 Å². The summed E-state index contributed by atoms with van der Waals surface area (Å²) in [7, 11) is 4.23. The summed E-state index contributed by atoms with van der Waals surface area (Å²) >= 11 is 0. The van der Waals surface area contributed by atoms with E-state index in [1.807, 2.05) is 7.05 Å². The number of hydrogen-bond donors (Lipinski definition) is 2. The molecule has 0 amide bonds. The highest BCUT2D eigenvalue weighted by atomic mass is 16.3. The van der Waals surface area contributed by atoms with Gasteiger partial charge in [-0.1, -0.05) is 37.1 Å². The van der Waals surface area contributed by atoms with Crippen LogP contribution in [0.3, 0.4) is 0 Å². The molecular formula is C22H32N4O. The minimum absolute atomic E-state index is 0.253. The highest BCUT2D eigenvalue weighted by Gasteiger charge is 2.25. The number of likely N-dealkylation sites (N-methyl/N-ethyl adjacent to an activating group) is 1. The Kier molecular flexibility index (Phi) is 6.83. The van der Waals surface area contributed by atoms with Gasteiger partial charge in [0.1, 0.15) is 5.75 Å². The summed E-state index contributed by atoms with van der Waals surface area (Å²) < 4.78 is 0. The van der Waals surface area contributed by atoms with E-state index in [4.69, 9.17) is 5.73 Å². The highest BCUT2D eigenvalue weighted by Crippen LogP contribution is 2.22. The van der Waals surface area contributed by atoms with Crippen LogP contribution in [0.2, 0.25) is 0 Å². The third-order valence-corrected chi connectivity index (χ3v) is 5.54. The van der Waals surface area contributed by atoms with E-state index in [1.165, 1.54) is 30.4 Å². The van der Waals surface area contributed by atoms with E-state index in [1.54, 1.807) is 18.3 Å². The van der Waals surface area contributed by atoms with Crippen LogP contribution in [-0.2, 0) is 19.6 Å². The van der Waals surface area contributed by atoms with Gasteiger partial charge in [-0.15, -0.1) is 0 Å². The molecule has 0 radical (unpaired) electrons. The second kappa shape index (κ2) is 9.31. The maximum absolute atomic E-state index is 9.87. The van der Waals surface area contributed by atoms with Crippen molar-refractivity contribution in [1.82, 2.24) is 14.8 Å². The van der Waals surface area contributed by atoms with Gasteiger partial charge in [-0.05, 0) is 50.2 Å². The summed E-state index contributed by atoms with van der Waals surface area (Å²) in [5.41, 5.74) is 9.61. The first-order valence-corrected chi connectivity index (χ1v) is 9.88. The van der Waals surface area contributed by atoms with Crippen molar-refractivity contribution in [1.29, 1.82) is 0 Å². The molecule has 1 aliphatic rings. The van der Waals surface area contributed by atoms with Crippen LogP contribution in [0, 0.1) is 0 Å². The normalized spacial score (nSPS) is 20.3. The van der Waals surface area contributed by atoms with Crippen LogP contribution < -0.4 is 5.73 Å². The molecule has 1 aromatic heterocycles. The number of aromatic hydroxyl groups is 1. The number of hydrogen-bond acceptors (Lipinski definition) is 5. The molecule has 1 aromatic carbocycles. The zero-order valence-corrected chi connectivity index (χ0v) is 16.5. The second-order valence-corrected chi connectivity index (χ2v) is 7.89. The van der Waals surface area contributed by atoms with Crippen molar-refractivity contribution in [2.45, 2.75) is 57.4 Å². The van der Waals surface area contributed by atoms with E-state index in [9.17, 15) is 5.11 Å². The number of nitrogens with zero attached hydrogens (tertiary/aromatic N) is 3. The first kappa shape index (κ1) is 19.8. The first-order chi connectivity index (χ1) is 13.0. The average Bonchev–Trinajstić information content (AvgIpc) is 2.65. The van der Waals surface area contributed by atoms with Crippen LogP contribution in [0.5, 0.6) is 5.75 Å². The van der Waals surface area contributed by atoms with E-state index < -0.39 is 0 Å². The molecule has 27 heavy (non-hydrogen) atoms. The molecule has 5 nitrogen and oxygen atoms in total. The molecule has 5 heteroatoms. The summed E-state index contributed by atoms with van der Waals surface area (Å²) in [4.78, 5) is 8.82. The number of nitrogens with two attached hydrogens (primary N) is 1. The minimum atomic E-state index is 0.253. The zero-order valence-electron chi connectivity index (χ0n) is 16.5. The summed E-state index contributed by atoms with van der Waals surface area (Å²) in [5, 5.41) is 9.87. The molecule has 0 saturated heterocycles. The van der Waals surface area contributed by atoms with Gasteiger partial charge in [-0.3, -0.25) is 14.8 Å². The van der Waals surface area contributed by atoms with Crippen molar-refractivity contribution in [3.63, 3.8) is 0 Å². The van der Waals surface area contributed by atoms with Crippen molar-refractivity contribution in [2.24, 2.45) is 5.73 Å². The molecule has 3 rings (SSSR count). The van der Waals surface area contributed by atoms with Gasteiger partial charge in [-0.2, -0.15) is 0 Å². The highest BCUT2D eigenvalue weighted by molar-refractivity contribution is 5.25. The van der Waals surface area contributed by atoms with Crippen LogP contribution in [0.15, 0.2) is 42.6 Å². The standard InChI is InChI=1S/C22H32N4O/c1-25(16-20-22(27)8-5-13-24-20)14-17-9-11-18(12-10-17)15-26(2)21-7-4-3-6-19(21)23/h5,8-13,19,21,27H,3-4,6-7,14-16,23H2,1-2H3/t19-,21+/m0/s1. The minimum Gasteiger partial charge on any atom is -0.506 e. The van der Waals surface area contributed by atoms with Gasteiger partial charge in [0.05, 0.1) is 5.69 Å². The first-order valence-electron chi connectivity index (χ1n) is 9.88. The lowest BCUT2D eigenvalue weighted by atomic mass is 9.90. The molecule has 2 aromatic rings. The SMILES string of the molecule is CN(Cc1ccc(CN(C)[C@@H]2CCCC[C@@H]2N)cc1)Cc1ncccc1O. The summed E-state index contributed by atoms with van der Waals surface area (Å²) in [5.74, 6) is 0.253. The molecule has 1 fully saturated rings. The van der Waals surface area contributed by atoms with Crippen molar-refractivity contribution < 1.29 is 5.11 Å². The molecule has 1 heterocycles. The van der Waals surface area contributed by atoms with Crippen molar-refractivity contribution in [2.75, 3.05) is 14.1 Å². The fraction of sp³-hybridized carbons (Fsp3) is 0.500. The summed E-state index contributed by atoms with van der Waals surface area (Å²) in [6.45, 7) is 2.38. The monoisotopic (exact) mass is 368 g/mol. The fourth-order valence-corrected chi connectivity index (χ4v) is 4.02. The van der Waals surface area contributed by atoms with Crippen molar-refractivity contribution in [3.05, 3.63) is 59.4 Å². The summed E-state index contributed by atoms with van der Waals surface area (Å²) in [6, 6.07) is 13.0. The Morgan fingerprint density at radius 3 is 2.33 bits per heavy atom. The van der Waals surface area contributed by atoms with E-state index in [0.29, 0.717) is 24.3 Å². The third kappa shape index (κ3) is 5.51. The van der Waals surface area contributed by atoms with Crippen molar-refractivity contribution in [3.8, 4) is 5.75 Å². The molecule has 1 aliphatic carbocycles. The van der Waals surface area contributed by atoms with Gasteiger partial charge in [0.2, 0.25) is 0 Å². The molecule has 3 N–H and O–H groups in total. The predicted molar refractivity (Wildman–Crippen MR) is 109 cm³/mol. The molecule has 0 spiro atoms. The number of rotatable bonds is 7. The summed E-state index contributed by atoms with van der Waals surface area (Å²) in [6.07, 6.45) is 6.63. The van der Waals surface area contributed by atoms with Gasteiger partial charge in [0.25, 0.3) is 0 Å². The Morgan fingerprint density at radius 2 is 1.67 bits per heavy atom. The van der Waals surface area contributed by atoms with Gasteiger partial charge >= 0.3 is 0 Å². The molecule has 0 unspecified atom stereocenters. The Bertz CT molecular complexity index is 719. The van der Waals surface area contributed by atoms with Gasteiger partial charge in [-0.25, -0.2) is 0 Å². The molecular weight excluding hydrogens is 336 g/mol. The quantitative estimate of drug-likeness (QED) is 0.786. The average molecular weight is 369 g/mol. The van der Waals surface area contributed by atoms with Gasteiger partial charge in [0.15, 0.2) is 0 Å². The van der Waals surface area contributed by atoms with Gasteiger partial charge in [0, 0.05) is 37.9 Å². The van der Waals surface area contributed by atoms with Crippen molar-refractivity contribution >= 4 is 0 Å². The van der Waals surface area contributed by atoms with Crippen LogP contribution >= 0.6 is 0 Å². The zero-order chi connectivity index (χ0) is 19.2. The van der Waals surface area contributed by atoms with E-state index in [-0.39, 0.29) is 5.75 Å². The molecule has 0 aliphatic heterocycles. The lowest BCUT2D eigenvalue weighted by Gasteiger charge is -2.36. The predicted octanol–water partition coefficient (Wildman–Crippen LogP) is 3.12. The largest absolute Gasteiger partial charge is 0.506 e. The maximum atomic E-state index is 9.87. The Morgan fingerprint density at radius 1 is 1.00 bits per heavy atom. The lowest BCUT2D eigenvalue weighted by molar-refractivity contribution is 0.162. The number of aromatic nitrogens is 1. The number of pyridine rings is 1. The lowest BCUT2D eigenvalue weighted by Crippen LogP contribution is -2.47. The molecule has 146 valence electrons. The van der Waals surface area contributed by atoms with E-state index >= 15 is 0 Å². The molecule has 1 saturated carbocycles.